The molecule has 0 saturated carbocycles. The summed E-state index contributed by atoms with van der Waals surface area (Å²) in [5.74, 6) is -2.15. The highest BCUT2D eigenvalue weighted by Crippen LogP contribution is 2.41. The van der Waals surface area contributed by atoms with Crippen molar-refractivity contribution in [1.82, 2.24) is 19.6 Å². The number of ether oxygens (including phenoxy) is 3. The largest absolute Gasteiger partial charge is 0.511 e. The van der Waals surface area contributed by atoms with Crippen molar-refractivity contribution < 1.29 is 38.2 Å². The van der Waals surface area contributed by atoms with Gasteiger partial charge in [-0.2, -0.15) is 9.36 Å². The lowest BCUT2D eigenvalue weighted by Gasteiger charge is -2.49. The third-order valence-corrected chi connectivity index (χ3v) is 7.33. The van der Waals surface area contributed by atoms with Gasteiger partial charge in [-0.05, 0) is 38.8 Å². The van der Waals surface area contributed by atoms with E-state index in [1.807, 2.05) is 19.1 Å². The number of allylic oxidation sites excluding steroid dienone is 1. The minimum atomic E-state index is -1.25. The maximum atomic E-state index is 13.2. The van der Waals surface area contributed by atoms with E-state index in [9.17, 15) is 19.2 Å². The number of carbonyl (C=O) groups is 4. The average molecular weight is 567 g/mol. The molecule has 4 rings (SSSR count). The molecule has 0 radical (unpaired) electrons. The molecule has 2 amide bonds. The number of oxime groups is 1. The molecule has 1 aliphatic carbocycles. The molecule has 1 aromatic heterocycles. The number of hydrogen-bond donors (Lipinski definition) is 2. The van der Waals surface area contributed by atoms with Gasteiger partial charge in [0.1, 0.15) is 23.2 Å². The molecule has 2 aliphatic heterocycles. The number of amides is 2. The zero-order valence-electron chi connectivity index (χ0n) is 20.7. The zero-order valence-corrected chi connectivity index (χ0v) is 22.3. The van der Waals surface area contributed by atoms with Crippen LogP contribution in [0.1, 0.15) is 39.4 Å². The monoisotopic (exact) mass is 566 g/mol. The summed E-state index contributed by atoms with van der Waals surface area (Å²) >= 11 is 2.25. The topological polar surface area (TPSA) is 185 Å². The van der Waals surface area contributed by atoms with Gasteiger partial charge in [0.2, 0.25) is 17.8 Å². The van der Waals surface area contributed by atoms with Gasteiger partial charge >= 0.3 is 12.1 Å². The van der Waals surface area contributed by atoms with Crippen LogP contribution in [-0.4, -0.2) is 79.6 Å². The molecule has 4 unspecified atom stereocenters. The van der Waals surface area contributed by atoms with Gasteiger partial charge in [0.15, 0.2) is 5.13 Å². The van der Waals surface area contributed by atoms with E-state index in [1.165, 1.54) is 23.6 Å². The summed E-state index contributed by atoms with van der Waals surface area (Å²) in [5, 5.41) is 5.96. The molecule has 38 heavy (non-hydrogen) atoms. The normalized spacial score (nSPS) is 25.0. The highest BCUT2D eigenvalue weighted by molar-refractivity contribution is 8.00. The van der Waals surface area contributed by atoms with Gasteiger partial charge < -0.3 is 30.1 Å². The van der Waals surface area contributed by atoms with Crippen LogP contribution in [0.15, 0.2) is 29.1 Å². The fraction of sp³-hybridized carbons (Fsp3) is 0.500. The third-order valence-electron chi connectivity index (χ3n) is 5.46. The summed E-state index contributed by atoms with van der Waals surface area (Å²) in [6.07, 6.45) is 4.36. The molecule has 14 nitrogen and oxygen atoms in total. The lowest BCUT2D eigenvalue weighted by molar-refractivity contribution is -0.168. The number of nitrogens with zero attached hydrogens (tertiary/aromatic N) is 4. The minimum Gasteiger partial charge on any atom is -0.435 e. The second kappa shape index (κ2) is 11.8. The number of carbonyl (C=O) groups excluding carboxylic acids is 4. The van der Waals surface area contributed by atoms with Crippen molar-refractivity contribution >= 4 is 58.1 Å². The maximum absolute atomic E-state index is 13.2. The van der Waals surface area contributed by atoms with E-state index in [0.29, 0.717) is 6.42 Å². The molecule has 3 N–H and O–H groups in total. The number of anilines is 1. The number of thioether (sulfide) groups is 1. The highest BCUT2D eigenvalue weighted by Gasteiger charge is 2.54. The summed E-state index contributed by atoms with van der Waals surface area (Å²) in [7, 11) is 0. The SMILES string of the molecule is CCOC(=O)OC(C)OC(=O)C1=CC(C)S[C@@H]2C(NC(=O)C(=NOC3C=CCC3)c3nsc(N)n3)C(=O)N12. The predicted octanol–water partition coefficient (Wildman–Crippen LogP) is 1.29. The Kier molecular flexibility index (Phi) is 8.51. The first-order valence-corrected chi connectivity index (χ1v) is 13.4. The highest BCUT2D eigenvalue weighted by atomic mass is 32.2. The van der Waals surface area contributed by atoms with Crippen molar-refractivity contribution in [3.8, 4) is 0 Å². The van der Waals surface area contributed by atoms with E-state index in [-0.39, 0.29) is 40.3 Å². The standard InChI is InChI=1S/C22H26N6O8S2/c1-4-33-22(32)35-11(3)34-20(31)13-9-10(2)37-19-15(18(30)28(13)19)24-17(29)14(16-25-21(23)38-27-16)26-36-12-7-5-6-8-12/h5,7,9-12,15,19H,4,6,8H2,1-3H3,(H,24,29)(H2,23,25,27)/t10?,11?,12?,15?,19-/m1/s1. The van der Waals surface area contributed by atoms with E-state index < -0.39 is 41.6 Å². The predicted molar refractivity (Wildman–Crippen MR) is 135 cm³/mol. The summed E-state index contributed by atoms with van der Waals surface area (Å²) < 4.78 is 18.7. The van der Waals surface area contributed by atoms with Crippen molar-refractivity contribution in [2.24, 2.45) is 5.16 Å². The van der Waals surface area contributed by atoms with Crippen molar-refractivity contribution in [2.45, 2.75) is 62.7 Å². The Morgan fingerprint density at radius 1 is 1.34 bits per heavy atom. The van der Waals surface area contributed by atoms with Crippen LogP contribution in [0.4, 0.5) is 9.93 Å². The van der Waals surface area contributed by atoms with Crippen molar-refractivity contribution in [3.63, 3.8) is 0 Å². The maximum Gasteiger partial charge on any atom is 0.511 e. The first-order chi connectivity index (χ1) is 18.2. The van der Waals surface area contributed by atoms with Gasteiger partial charge in [0.05, 0.1) is 6.61 Å². The molecular weight excluding hydrogens is 540 g/mol. The van der Waals surface area contributed by atoms with Crippen LogP contribution in [-0.2, 0) is 33.4 Å². The van der Waals surface area contributed by atoms with Crippen molar-refractivity contribution in [1.29, 1.82) is 0 Å². The van der Waals surface area contributed by atoms with Gasteiger partial charge in [0.25, 0.3) is 11.8 Å². The fourth-order valence-corrected chi connectivity index (χ4v) is 5.54. The number of nitrogens with two attached hydrogens (primary N) is 1. The Balaban J connectivity index is 1.44. The molecule has 3 heterocycles. The summed E-state index contributed by atoms with van der Waals surface area (Å²) in [6, 6.07) is -0.966. The van der Waals surface area contributed by atoms with E-state index in [4.69, 9.17) is 20.0 Å². The number of β-lactam (4-membered cyclic amide) rings is 1. The van der Waals surface area contributed by atoms with Crippen LogP contribution < -0.4 is 11.1 Å². The number of fused-ring (bicyclic) bond motifs is 1. The molecular formula is C22H26N6O8S2. The van der Waals surface area contributed by atoms with Crippen LogP contribution in [0.3, 0.4) is 0 Å². The Bertz CT molecular complexity index is 1200. The van der Waals surface area contributed by atoms with Gasteiger partial charge in [0, 0.05) is 23.7 Å². The molecule has 0 spiro atoms. The van der Waals surface area contributed by atoms with E-state index >= 15 is 0 Å². The summed E-state index contributed by atoms with van der Waals surface area (Å²) in [4.78, 5) is 61.2. The molecule has 204 valence electrons. The van der Waals surface area contributed by atoms with Crippen LogP contribution in [0.5, 0.6) is 0 Å². The number of esters is 1. The smallest absolute Gasteiger partial charge is 0.435 e. The Morgan fingerprint density at radius 2 is 2.13 bits per heavy atom. The second-order valence-electron chi connectivity index (χ2n) is 8.26. The van der Waals surface area contributed by atoms with E-state index in [2.05, 4.69) is 24.6 Å². The van der Waals surface area contributed by atoms with Gasteiger partial charge in [-0.15, -0.1) is 11.8 Å². The molecule has 5 atom stereocenters. The first-order valence-electron chi connectivity index (χ1n) is 11.7. The van der Waals surface area contributed by atoms with E-state index in [1.54, 1.807) is 13.0 Å². The lowest BCUT2D eigenvalue weighted by atomic mass is 10.0. The Hall–Kier alpha value is -3.66. The summed E-state index contributed by atoms with van der Waals surface area (Å²) in [6.45, 7) is 4.87. The molecule has 0 bridgehead atoms. The number of nitrogens with one attached hydrogen (secondary N) is 1. The number of hydrogen-bond acceptors (Lipinski definition) is 14. The van der Waals surface area contributed by atoms with Crippen molar-refractivity contribution in [3.05, 3.63) is 29.7 Å². The van der Waals surface area contributed by atoms with Gasteiger partial charge in [-0.1, -0.05) is 11.2 Å². The van der Waals surface area contributed by atoms with Crippen LogP contribution in [0, 0.1) is 0 Å². The van der Waals surface area contributed by atoms with Crippen LogP contribution in [0.2, 0.25) is 0 Å². The number of nitrogen functional groups attached to an aromatic ring is 1. The lowest BCUT2D eigenvalue weighted by Crippen LogP contribution is -2.71. The van der Waals surface area contributed by atoms with Crippen LogP contribution >= 0.6 is 23.3 Å². The number of aromatic nitrogens is 2. The Morgan fingerprint density at radius 3 is 2.79 bits per heavy atom. The Labute approximate surface area is 225 Å². The molecule has 1 fully saturated rings. The fourth-order valence-electron chi connectivity index (χ4n) is 3.78. The molecule has 1 saturated heterocycles. The zero-order chi connectivity index (χ0) is 27.4. The molecule has 0 aromatic carbocycles. The summed E-state index contributed by atoms with van der Waals surface area (Å²) in [5.41, 5.74) is 5.43. The molecule has 3 aliphatic rings. The van der Waals surface area contributed by atoms with Gasteiger partial charge in [-0.25, -0.2) is 9.59 Å². The first kappa shape index (κ1) is 27.4. The van der Waals surface area contributed by atoms with E-state index in [0.717, 1.165) is 18.0 Å². The van der Waals surface area contributed by atoms with Crippen LogP contribution in [0.25, 0.3) is 0 Å². The van der Waals surface area contributed by atoms with Crippen molar-refractivity contribution in [2.75, 3.05) is 12.3 Å². The average Bonchev–Trinajstić information content (AvgIpc) is 3.54. The number of rotatable bonds is 9. The molecule has 16 heteroatoms. The third kappa shape index (κ3) is 6.07. The van der Waals surface area contributed by atoms with Gasteiger partial charge in [-0.3, -0.25) is 14.5 Å². The molecule has 1 aromatic rings. The second-order valence-corrected chi connectivity index (χ2v) is 10.5. The quantitative estimate of drug-likeness (QED) is 0.109. The minimum absolute atomic E-state index is 0.0183.